The SMILES string of the molecule is Cc1nc(NC(=O)C(C)N)ccc1Br. The molecule has 1 heterocycles. The van der Waals surface area contributed by atoms with Gasteiger partial charge in [-0.25, -0.2) is 4.98 Å². The number of halogens is 1. The molecule has 76 valence electrons. The van der Waals surface area contributed by atoms with Crippen LogP contribution in [0.1, 0.15) is 12.6 Å². The molecule has 0 radical (unpaired) electrons. The number of carbonyl (C=O) groups is 1. The third-order valence-corrected chi connectivity index (χ3v) is 2.52. The van der Waals surface area contributed by atoms with E-state index in [9.17, 15) is 4.79 Å². The van der Waals surface area contributed by atoms with Crippen molar-refractivity contribution in [2.45, 2.75) is 19.9 Å². The molecule has 1 atom stereocenters. The molecule has 1 rings (SSSR count). The van der Waals surface area contributed by atoms with E-state index in [2.05, 4.69) is 26.2 Å². The average molecular weight is 258 g/mol. The molecule has 1 unspecified atom stereocenters. The lowest BCUT2D eigenvalue weighted by Gasteiger charge is -2.07. The Bertz CT molecular complexity index is 352. The van der Waals surface area contributed by atoms with Crippen LogP contribution < -0.4 is 11.1 Å². The van der Waals surface area contributed by atoms with Crippen molar-refractivity contribution in [3.8, 4) is 0 Å². The zero-order valence-corrected chi connectivity index (χ0v) is 9.63. The highest BCUT2D eigenvalue weighted by atomic mass is 79.9. The van der Waals surface area contributed by atoms with Crippen molar-refractivity contribution >= 4 is 27.7 Å². The number of aromatic nitrogens is 1. The van der Waals surface area contributed by atoms with Crippen LogP contribution in [0.2, 0.25) is 0 Å². The van der Waals surface area contributed by atoms with Crippen LogP contribution in [0, 0.1) is 6.92 Å². The van der Waals surface area contributed by atoms with Crippen LogP contribution in [-0.4, -0.2) is 16.9 Å². The van der Waals surface area contributed by atoms with Crippen molar-refractivity contribution in [3.63, 3.8) is 0 Å². The van der Waals surface area contributed by atoms with Crippen LogP contribution in [0.15, 0.2) is 16.6 Å². The van der Waals surface area contributed by atoms with E-state index in [1.807, 2.05) is 13.0 Å². The molecule has 0 aliphatic carbocycles. The zero-order valence-electron chi connectivity index (χ0n) is 8.04. The van der Waals surface area contributed by atoms with Gasteiger partial charge in [0, 0.05) is 4.47 Å². The lowest BCUT2D eigenvalue weighted by molar-refractivity contribution is -0.117. The molecule has 1 aromatic heterocycles. The van der Waals surface area contributed by atoms with E-state index < -0.39 is 6.04 Å². The summed E-state index contributed by atoms with van der Waals surface area (Å²) in [6.45, 7) is 3.48. The third kappa shape index (κ3) is 2.78. The Morgan fingerprint density at radius 3 is 2.79 bits per heavy atom. The number of nitrogens with one attached hydrogen (secondary N) is 1. The second-order valence-corrected chi connectivity index (χ2v) is 3.90. The van der Waals surface area contributed by atoms with Crippen LogP contribution in [0.25, 0.3) is 0 Å². The molecule has 4 nitrogen and oxygen atoms in total. The normalized spacial score (nSPS) is 12.3. The molecule has 0 bridgehead atoms. The summed E-state index contributed by atoms with van der Waals surface area (Å²) in [5.74, 6) is 0.284. The Balaban J connectivity index is 2.78. The number of rotatable bonds is 2. The number of amides is 1. The fraction of sp³-hybridized carbons (Fsp3) is 0.333. The van der Waals surface area contributed by atoms with E-state index in [0.29, 0.717) is 5.82 Å². The van der Waals surface area contributed by atoms with Crippen molar-refractivity contribution in [2.75, 3.05) is 5.32 Å². The number of hydrogen-bond acceptors (Lipinski definition) is 3. The molecule has 3 N–H and O–H groups in total. The van der Waals surface area contributed by atoms with Gasteiger partial charge in [-0.3, -0.25) is 4.79 Å². The van der Waals surface area contributed by atoms with Gasteiger partial charge in [0.15, 0.2) is 0 Å². The molecular weight excluding hydrogens is 246 g/mol. The van der Waals surface area contributed by atoms with Gasteiger partial charge < -0.3 is 11.1 Å². The van der Waals surface area contributed by atoms with Gasteiger partial charge in [-0.05, 0) is 41.9 Å². The molecule has 0 saturated carbocycles. The van der Waals surface area contributed by atoms with E-state index in [4.69, 9.17) is 5.73 Å². The summed E-state index contributed by atoms with van der Waals surface area (Å²) in [5.41, 5.74) is 6.23. The summed E-state index contributed by atoms with van der Waals surface area (Å²) in [5, 5.41) is 2.61. The van der Waals surface area contributed by atoms with Crippen molar-refractivity contribution < 1.29 is 4.79 Å². The van der Waals surface area contributed by atoms with Gasteiger partial charge in [-0.2, -0.15) is 0 Å². The molecule has 0 aliphatic rings. The maximum Gasteiger partial charge on any atom is 0.242 e. The first-order valence-corrected chi connectivity index (χ1v) is 4.99. The molecular formula is C9H12BrN3O. The standard InChI is InChI=1S/C9H12BrN3O/c1-5(11)9(14)13-8-4-3-7(10)6(2)12-8/h3-5H,11H2,1-2H3,(H,12,13,14). The highest BCUT2D eigenvalue weighted by molar-refractivity contribution is 9.10. The maximum atomic E-state index is 11.2. The Kier molecular flexibility index (Phi) is 3.60. The van der Waals surface area contributed by atoms with Gasteiger partial charge in [0.2, 0.25) is 5.91 Å². The summed E-state index contributed by atoms with van der Waals surface area (Å²) in [7, 11) is 0. The van der Waals surface area contributed by atoms with Crippen LogP contribution in [0.3, 0.4) is 0 Å². The minimum absolute atomic E-state index is 0.237. The summed E-state index contributed by atoms with van der Waals surface area (Å²) < 4.78 is 0.913. The van der Waals surface area contributed by atoms with Gasteiger partial charge in [0.1, 0.15) is 5.82 Å². The first-order valence-electron chi connectivity index (χ1n) is 4.20. The van der Waals surface area contributed by atoms with Crippen LogP contribution >= 0.6 is 15.9 Å². The third-order valence-electron chi connectivity index (χ3n) is 1.69. The molecule has 0 aliphatic heterocycles. The first-order chi connectivity index (χ1) is 6.50. The van der Waals surface area contributed by atoms with E-state index >= 15 is 0 Å². The lowest BCUT2D eigenvalue weighted by atomic mass is 10.3. The Morgan fingerprint density at radius 1 is 1.64 bits per heavy atom. The maximum absolute atomic E-state index is 11.2. The Hall–Kier alpha value is -0.940. The van der Waals surface area contributed by atoms with Crippen LogP contribution in [0.5, 0.6) is 0 Å². The Labute approximate surface area is 91.0 Å². The molecule has 14 heavy (non-hydrogen) atoms. The van der Waals surface area contributed by atoms with Crippen molar-refractivity contribution in [3.05, 3.63) is 22.3 Å². The van der Waals surface area contributed by atoms with Crippen molar-refractivity contribution in [1.82, 2.24) is 4.98 Å². The summed E-state index contributed by atoms with van der Waals surface area (Å²) in [4.78, 5) is 15.4. The average Bonchev–Trinajstić information content (AvgIpc) is 2.11. The quantitative estimate of drug-likeness (QED) is 0.843. The molecule has 1 aromatic rings. The minimum Gasteiger partial charge on any atom is -0.320 e. The lowest BCUT2D eigenvalue weighted by Crippen LogP contribution is -2.32. The van der Waals surface area contributed by atoms with E-state index in [0.717, 1.165) is 10.2 Å². The van der Waals surface area contributed by atoms with E-state index in [1.165, 1.54) is 0 Å². The van der Waals surface area contributed by atoms with E-state index in [1.54, 1.807) is 13.0 Å². The smallest absolute Gasteiger partial charge is 0.242 e. The number of hydrogen-bond donors (Lipinski definition) is 2. The zero-order chi connectivity index (χ0) is 10.7. The Morgan fingerprint density at radius 2 is 2.29 bits per heavy atom. The van der Waals surface area contributed by atoms with Crippen molar-refractivity contribution in [2.24, 2.45) is 5.73 Å². The fourth-order valence-corrected chi connectivity index (χ4v) is 1.07. The van der Waals surface area contributed by atoms with E-state index in [-0.39, 0.29) is 5.91 Å². The first kappa shape index (κ1) is 11.1. The highest BCUT2D eigenvalue weighted by Gasteiger charge is 2.08. The predicted octanol–water partition coefficient (Wildman–Crippen LogP) is 1.44. The summed E-state index contributed by atoms with van der Waals surface area (Å²) >= 11 is 3.32. The highest BCUT2D eigenvalue weighted by Crippen LogP contribution is 2.16. The van der Waals surface area contributed by atoms with Gasteiger partial charge in [-0.15, -0.1) is 0 Å². The number of anilines is 1. The molecule has 0 saturated heterocycles. The summed E-state index contributed by atoms with van der Waals surface area (Å²) in [6, 6.07) is 3.02. The summed E-state index contributed by atoms with van der Waals surface area (Å²) in [6.07, 6.45) is 0. The number of nitrogens with zero attached hydrogens (tertiary/aromatic N) is 1. The monoisotopic (exact) mass is 257 g/mol. The van der Waals surface area contributed by atoms with Gasteiger partial charge in [0.25, 0.3) is 0 Å². The molecule has 0 aromatic carbocycles. The van der Waals surface area contributed by atoms with Gasteiger partial charge in [0.05, 0.1) is 11.7 Å². The minimum atomic E-state index is -0.527. The van der Waals surface area contributed by atoms with Crippen molar-refractivity contribution in [1.29, 1.82) is 0 Å². The van der Waals surface area contributed by atoms with Gasteiger partial charge >= 0.3 is 0 Å². The molecule has 5 heteroatoms. The van der Waals surface area contributed by atoms with Crippen LogP contribution in [-0.2, 0) is 4.79 Å². The topological polar surface area (TPSA) is 68.0 Å². The number of carbonyl (C=O) groups excluding carboxylic acids is 1. The molecule has 0 spiro atoms. The number of nitrogens with two attached hydrogens (primary N) is 1. The molecule has 1 amide bonds. The molecule has 0 fully saturated rings. The fourth-order valence-electron chi connectivity index (χ4n) is 0.854. The number of pyridine rings is 1. The predicted molar refractivity (Wildman–Crippen MR) is 59.0 cm³/mol. The number of aryl methyl sites for hydroxylation is 1. The second kappa shape index (κ2) is 4.52. The largest absolute Gasteiger partial charge is 0.320 e. The van der Waals surface area contributed by atoms with Crippen LogP contribution in [0.4, 0.5) is 5.82 Å². The van der Waals surface area contributed by atoms with Gasteiger partial charge in [-0.1, -0.05) is 0 Å². The second-order valence-electron chi connectivity index (χ2n) is 3.04.